The van der Waals surface area contributed by atoms with Crippen molar-refractivity contribution in [3.8, 4) is 11.1 Å². The van der Waals surface area contributed by atoms with Crippen LogP contribution in [-0.4, -0.2) is 9.97 Å². The van der Waals surface area contributed by atoms with E-state index in [1.165, 1.54) is 28.1 Å². The fourth-order valence-electron chi connectivity index (χ4n) is 2.13. The summed E-state index contributed by atoms with van der Waals surface area (Å²) < 4.78 is 0. The minimum absolute atomic E-state index is 1.05. The van der Waals surface area contributed by atoms with Gasteiger partial charge in [0.1, 0.15) is 0 Å². The molecule has 0 amide bonds. The van der Waals surface area contributed by atoms with E-state index < -0.39 is 0 Å². The lowest BCUT2D eigenvalue weighted by Crippen LogP contribution is -1.82. The second kappa shape index (κ2) is 5.05. The second-order valence-electron chi connectivity index (χ2n) is 4.58. The Kier molecular flexibility index (Phi) is 3.47. The van der Waals surface area contributed by atoms with Gasteiger partial charge in [0.25, 0.3) is 0 Å². The molecule has 0 atom stereocenters. The van der Waals surface area contributed by atoms with Gasteiger partial charge in [-0.2, -0.15) is 0 Å². The molecule has 0 spiro atoms. The molecule has 0 bridgehead atoms. The van der Waals surface area contributed by atoms with Crippen LogP contribution in [0, 0.1) is 13.8 Å². The Morgan fingerprint density at radius 1 is 1.22 bits per heavy atom. The van der Waals surface area contributed by atoms with Crippen LogP contribution in [0.1, 0.15) is 23.9 Å². The quantitative estimate of drug-likeness (QED) is 0.794. The third-order valence-electron chi connectivity index (χ3n) is 2.93. The van der Waals surface area contributed by atoms with E-state index in [-0.39, 0.29) is 0 Å². The van der Waals surface area contributed by atoms with E-state index in [2.05, 4.69) is 36.5 Å². The van der Waals surface area contributed by atoms with Crippen molar-refractivity contribution in [1.29, 1.82) is 0 Å². The molecule has 0 saturated carbocycles. The predicted molar refractivity (Wildman–Crippen MR) is 77.3 cm³/mol. The molecule has 2 heterocycles. The summed E-state index contributed by atoms with van der Waals surface area (Å²) in [6.07, 6.45) is 7.81. The zero-order valence-corrected chi connectivity index (χ0v) is 11.1. The summed E-state index contributed by atoms with van der Waals surface area (Å²) in [7, 11) is 0. The standard InChI is InChI=1S/C16H18N2/c1-11(2)5-6-15-12(3)18-13(4)16(15)14-7-9-17-10-8-14/h5-10,18H,1H2,2-4H3/b6-5-. The van der Waals surface area contributed by atoms with Crippen LogP contribution in [0.25, 0.3) is 17.2 Å². The molecule has 2 rings (SSSR count). The second-order valence-corrected chi connectivity index (χ2v) is 4.58. The number of nitrogens with one attached hydrogen (secondary N) is 1. The molecule has 18 heavy (non-hydrogen) atoms. The fourth-order valence-corrected chi connectivity index (χ4v) is 2.13. The molecule has 0 aromatic carbocycles. The molecule has 0 saturated heterocycles. The van der Waals surface area contributed by atoms with Crippen molar-refractivity contribution >= 4 is 6.08 Å². The van der Waals surface area contributed by atoms with E-state index in [1.54, 1.807) is 0 Å². The highest BCUT2D eigenvalue weighted by molar-refractivity contribution is 5.79. The van der Waals surface area contributed by atoms with Gasteiger partial charge in [-0.25, -0.2) is 0 Å². The zero-order valence-electron chi connectivity index (χ0n) is 11.1. The van der Waals surface area contributed by atoms with Gasteiger partial charge in [-0.15, -0.1) is 0 Å². The maximum atomic E-state index is 4.07. The summed E-state index contributed by atoms with van der Waals surface area (Å²) in [6, 6.07) is 4.07. The highest BCUT2D eigenvalue weighted by atomic mass is 14.7. The first-order chi connectivity index (χ1) is 8.59. The number of allylic oxidation sites excluding steroid dienone is 2. The molecule has 0 aliphatic carbocycles. The highest BCUT2D eigenvalue weighted by Crippen LogP contribution is 2.30. The molecule has 0 radical (unpaired) electrons. The van der Waals surface area contributed by atoms with Crippen molar-refractivity contribution in [3.05, 3.63) is 59.7 Å². The Morgan fingerprint density at radius 2 is 1.89 bits per heavy atom. The van der Waals surface area contributed by atoms with E-state index >= 15 is 0 Å². The average Bonchev–Trinajstić information content (AvgIpc) is 2.62. The smallest absolute Gasteiger partial charge is 0.0273 e. The van der Waals surface area contributed by atoms with Gasteiger partial charge in [0.2, 0.25) is 0 Å². The van der Waals surface area contributed by atoms with Gasteiger partial charge in [0.15, 0.2) is 0 Å². The maximum absolute atomic E-state index is 4.07. The summed E-state index contributed by atoms with van der Waals surface area (Å²) >= 11 is 0. The first kappa shape index (κ1) is 12.4. The average molecular weight is 238 g/mol. The van der Waals surface area contributed by atoms with E-state index in [0.717, 1.165) is 5.57 Å². The van der Waals surface area contributed by atoms with Crippen LogP contribution in [0.2, 0.25) is 0 Å². The Balaban J connectivity index is 2.57. The Labute approximate surface area is 108 Å². The number of hydrogen-bond acceptors (Lipinski definition) is 1. The van der Waals surface area contributed by atoms with Crippen molar-refractivity contribution in [1.82, 2.24) is 9.97 Å². The molecule has 2 aromatic rings. The molecule has 2 aromatic heterocycles. The van der Waals surface area contributed by atoms with Gasteiger partial charge in [0, 0.05) is 34.9 Å². The van der Waals surface area contributed by atoms with Gasteiger partial charge in [-0.05, 0) is 38.5 Å². The minimum atomic E-state index is 1.05. The fraction of sp³-hybridized carbons (Fsp3) is 0.188. The molecule has 0 aliphatic heterocycles. The molecular formula is C16H18N2. The number of rotatable bonds is 3. The molecule has 2 nitrogen and oxygen atoms in total. The number of nitrogens with zero attached hydrogens (tertiary/aromatic N) is 1. The summed E-state index contributed by atoms with van der Waals surface area (Å²) in [5, 5.41) is 0. The van der Waals surface area contributed by atoms with E-state index in [0.29, 0.717) is 0 Å². The Morgan fingerprint density at radius 3 is 2.50 bits per heavy atom. The molecule has 2 heteroatoms. The molecule has 0 unspecified atom stereocenters. The molecular weight excluding hydrogens is 220 g/mol. The number of aromatic nitrogens is 2. The normalized spacial score (nSPS) is 11.1. The number of hydrogen-bond donors (Lipinski definition) is 1. The maximum Gasteiger partial charge on any atom is 0.0273 e. The molecule has 1 N–H and O–H groups in total. The van der Waals surface area contributed by atoms with Crippen LogP contribution in [-0.2, 0) is 0 Å². The van der Waals surface area contributed by atoms with E-state index in [1.807, 2.05) is 37.5 Å². The third kappa shape index (κ3) is 2.43. The highest BCUT2D eigenvalue weighted by Gasteiger charge is 2.11. The van der Waals surface area contributed by atoms with Crippen LogP contribution in [0.5, 0.6) is 0 Å². The number of aryl methyl sites for hydroxylation is 2. The molecule has 92 valence electrons. The van der Waals surface area contributed by atoms with Gasteiger partial charge in [-0.3, -0.25) is 4.98 Å². The van der Waals surface area contributed by atoms with Crippen molar-refractivity contribution in [2.24, 2.45) is 0 Å². The van der Waals surface area contributed by atoms with Crippen molar-refractivity contribution in [3.63, 3.8) is 0 Å². The largest absolute Gasteiger partial charge is 0.362 e. The first-order valence-electron chi connectivity index (χ1n) is 6.02. The topological polar surface area (TPSA) is 28.7 Å². The van der Waals surface area contributed by atoms with Crippen LogP contribution < -0.4 is 0 Å². The van der Waals surface area contributed by atoms with Crippen LogP contribution >= 0.6 is 0 Å². The summed E-state index contributed by atoms with van der Waals surface area (Å²) in [4.78, 5) is 7.47. The monoisotopic (exact) mass is 238 g/mol. The molecule has 0 fully saturated rings. The Hall–Kier alpha value is -2.09. The summed E-state index contributed by atoms with van der Waals surface area (Å²) in [5.74, 6) is 0. The van der Waals surface area contributed by atoms with Crippen molar-refractivity contribution in [2.45, 2.75) is 20.8 Å². The van der Waals surface area contributed by atoms with E-state index in [9.17, 15) is 0 Å². The Bertz CT molecular complexity index is 589. The zero-order chi connectivity index (χ0) is 13.1. The van der Waals surface area contributed by atoms with Crippen LogP contribution in [0.3, 0.4) is 0 Å². The lowest BCUT2D eigenvalue weighted by molar-refractivity contribution is 1.19. The lowest BCUT2D eigenvalue weighted by Gasteiger charge is -2.03. The van der Waals surface area contributed by atoms with Crippen LogP contribution in [0.4, 0.5) is 0 Å². The number of H-pyrrole nitrogens is 1. The van der Waals surface area contributed by atoms with Gasteiger partial charge in [-0.1, -0.05) is 24.3 Å². The molecule has 0 aliphatic rings. The van der Waals surface area contributed by atoms with Crippen LogP contribution in [0.15, 0.2) is 42.8 Å². The van der Waals surface area contributed by atoms with Crippen molar-refractivity contribution < 1.29 is 0 Å². The third-order valence-corrected chi connectivity index (χ3v) is 2.93. The SMILES string of the molecule is C=C(C)/C=C\c1c(C)[nH]c(C)c1-c1ccncc1. The number of pyridine rings is 1. The van der Waals surface area contributed by atoms with E-state index in [4.69, 9.17) is 0 Å². The van der Waals surface area contributed by atoms with Gasteiger partial charge < -0.3 is 4.98 Å². The van der Waals surface area contributed by atoms with Gasteiger partial charge >= 0.3 is 0 Å². The number of aromatic amines is 1. The van der Waals surface area contributed by atoms with Gasteiger partial charge in [0.05, 0.1) is 0 Å². The first-order valence-corrected chi connectivity index (χ1v) is 6.02. The predicted octanol–water partition coefficient (Wildman–Crippen LogP) is 4.28. The lowest BCUT2D eigenvalue weighted by atomic mass is 10.0. The summed E-state index contributed by atoms with van der Waals surface area (Å²) in [5.41, 5.74) is 7.06. The summed E-state index contributed by atoms with van der Waals surface area (Å²) in [6.45, 7) is 10.1. The minimum Gasteiger partial charge on any atom is -0.362 e. The van der Waals surface area contributed by atoms with Crippen molar-refractivity contribution in [2.75, 3.05) is 0 Å².